The summed E-state index contributed by atoms with van der Waals surface area (Å²) in [4.78, 5) is 27.9. The van der Waals surface area contributed by atoms with E-state index in [0.29, 0.717) is 49.0 Å². The maximum Gasteiger partial charge on any atom is 0.177 e. The first-order chi connectivity index (χ1) is 14.0. The number of halogens is 1. The number of ether oxygens (including phenoxy) is 1. The van der Waals surface area contributed by atoms with Crippen LogP contribution in [0.4, 0.5) is 10.2 Å². The zero-order valence-electron chi connectivity index (χ0n) is 16.1. The molecule has 0 spiro atoms. The molecule has 9 nitrogen and oxygen atoms in total. The van der Waals surface area contributed by atoms with Crippen molar-refractivity contribution in [3.8, 4) is 11.4 Å². The van der Waals surface area contributed by atoms with Crippen LogP contribution in [0.5, 0.6) is 0 Å². The lowest BCUT2D eigenvalue weighted by Gasteiger charge is -2.35. The summed E-state index contributed by atoms with van der Waals surface area (Å²) in [6.07, 6.45) is 2.47. The second kappa shape index (κ2) is 5.69. The number of imidazole rings is 2. The fourth-order valence-electron chi connectivity index (χ4n) is 4.01. The van der Waals surface area contributed by atoms with Crippen LogP contribution in [-0.4, -0.2) is 60.3 Å². The Morgan fingerprint density at radius 1 is 1.21 bits per heavy atom. The van der Waals surface area contributed by atoms with E-state index in [4.69, 9.17) is 19.7 Å². The standard InChI is InChI=1S/C19H19FN8O/c1-19(2)18-24-13-16(27-7-11(20)8-27)25-14(26-17(13)28(18)3-4-29-19)10-5-12-15(21-6-10)23-9-22-12/h5-6,9,11H,3-4,7-8H2,1-2H3,(H,21,22,23). The highest BCUT2D eigenvalue weighted by Gasteiger charge is 2.36. The van der Waals surface area contributed by atoms with E-state index in [1.165, 1.54) is 0 Å². The Balaban J connectivity index is 1.60. The molecule has 0 aromatic carbocycles. The molecule has 10 heteroatoms. The van der Waals surface area contributed by atoms with E-state index >= 15 is 0 Å². The van der Waals surface area contributed by atoms with Gasteiger partial charge in [-0.05, 0) is 19.9 Å². The minimum Gasteiger partial charge on any atom is -0.366 e. The smallest absolute Gasteiger partial charge is 0.177 e. The SMILES string of the molecule is CC1(C)OCCn2c1nc1c(N3CC(F)C3)nc(-c3cnc4nc[nH]c4c3)nc12. The zero-order chi connectivity index (χ0) is 19.8. The second-order valence-electron chi connectivity index (χ2n) is 7.99. The molecule has 4 aromatic heterocycles. The number of fused-ring (bicyclic) bond motifs is 4. The van der Waals surface area contributed by atoms with Gasteiger partial charge in [0.25, 0.3) is 0 Å². The molecule has 2 aliphatic heterocycles. The summed E-state index contributed by atoms with van der Waals surface area (Å²) in [7, 11) is 0. The summed E-state index contributed by atoms with van der Waals surface area (Å²) in [5.41, 5.74) is 3.12. The molecule has 0 saturated carbocycles. The molecule has 1 fully saturated rings. The highest BCUT2D eigenvalue weighted by Crippen LogP contribution is 2.36. The van der Waals surface area contributed by atoms with Crippen molar-refractivity contribution in [2.24, 2.45) is 0 Å². The van der Waals surface area contributed by atoms with E-state index in [-0.39, 0.29) is 0 Å². The minimum atomic E-state index is -0.844. The second-order valence-corrected chi connectivity index (χ2v) is 7.99. The van der Waals surface area contributed by atoms with Crippen molar-refractivity contribution in [2.45, 2.75) is 32.2 Å². The Bertz CT molecular complexity index is 1260. The van der Waals surface area contributed by atoms with Crippen LogP contribution in [-0.2, 0) is 16.9 Å². The van der Waals surface area contributed by atoms with Crippen molar-refractivity contribution in [2.75, 3.05) is 24.6 Å². The van der Waals surface area contributed by atoms with E-state index < -0.39 is 11.8 Å². The van der Waals surface area contributed by atoms with E-state index in [9.17, 15) is 4.39 Å². The maximum absolute atomic E-state index is 13.6. The van der Waals surface area contributed by atoms with Crippen molar-refractivity contribution in [1.29, 1.82) is 0 Å². The number of hydrogen-bond donors (Lipinski definition) is 1. The Labute approximate surface area is 165 Å². The van der Waals surface area contributed by atoms with Crippen LogP contribution in [0.2, 0.25) is 0 Å². The zero-order valence-corrected chi connectivity index (χ0v) is 16.1. The average Bonchev–Trinajstić information content (AvgIpc) is 3.29. The van der Waals surface area contributed by atoms with Crippen LogP contribution < -0.4 is 4.90 Å². The van der Waals surface area contributed by atoms with Crippen LogP contribution in [0.1, 0.15) is 19.7 Å². The Hall–Kier alpha value is -3.14. The lowest BCUT2D eigenvalue weighted by atomic mass is 10.1. The number of alkyl halides is 1. The van der Waals surface area contributed by atoms with Crippen LogP contribution in [0.3, 0.4) is 0 Å². The van der Waals surface area contributed by atoms with Gasteiger partial charge < -0.3 is 19.2 Å². The summed E-state index contributed by atoms with van der Waals surface area (Å²) in [6, 6.07) is 1.93. The lowest BCUT2D eigenvalue weighted by molar-refractivity contribution is -0.0530. The first kappa shape index (κ1) is 16.8. The molecule has 1 N–H and O–H groups in total. The normalized spacial score (nSPS) is 18.9. The van der Waals surface area contributed by atoms with Gasteiger partial charge in [0.05, 0.1) is 31.5 Å². The van der Waals surface area contributed by atoms with E-state index in [0.717, 1.165) is 22.6 Å². The molecule has 0 aliphatic carbocycles. The molecule has 0 radical (unpaired) electrons. The Kier molecular flexibility index (Phi) is 3.29. The van der Waals surface area contributed by atoms with Gasteiger partial charge in [0.2, 0.25) is 0 Å². The summed E-state index contributed by atoms with van der Waals surface area (Å²) in [5, 5.41) is 0. The highest BCUT2D eigenvalue weighted by atomic mass is 19.1. The average molecular weight is 394 g/mol. The number of H-pyrrole nitrogens is 1. The minimum absolute atomic E-state index is 0.311. The molecule has 0 amide bonds. The predicted octanol–water partition coefficient (Wildman–Crippen LogP) is 2.19. The van der Waals surface area contributed by atoms with Crippen molar-refractivity contribution in [1.82, 2.24) is 34.5 Å². The summed E-state index contributed by atoms with van der Waals surface area (Å²) < 4.78 is 21.6. The number of hydrogen-bond acceptors (Lipinski definition) is 7. The van der Waals surface area contributed by atoms with Crippen LogP contribution in [0.25, 0.3) is 33.7 Å². The van der Waals surface area contributed by atoms with E-state index in [2.05, 4.69) is 19.5 Å². The molecule has 4 aromatic rings. The molecule has 0 atom stereocenters. The molecule has 0 unspecified atom stereocenters. The number of pyridine rings is 1. The quantitative estimate of drug-likeness (QED) is 0.556. The van der Waals surface area contributed by atoms with Crippen LogP contribution in [0, 0.1) is 0 Å². The lowest BCUT2D eigenvalue weighted by Crippen LogP contribution is -2.49. The van der Waals surface area contributed by atoms with Gasteiger partial charge in [-0.25, -0.2) is 29.3 Å². The van der Waals surface area contributed by atoms with Gasteiger partial charge in [-0.15, -0.1) is 0 Å². The number of nitrogens with zero attached hydrogens (tertiary/aromatic N) is 7. The third-order valence-corrected chi connectivity index (χ3v) is 5.56. The molecular weight excluding hydrogens is 375 g/mol. The van der Waals surface area contributed by atoms with Gasteiger partial charge in [-0.3, -0.25) is 0 Å². The molecule has 29 heavy (non-hydrogen) atoms. The fourth-order valence-corrected chi connectivity index (χ4v) is 4.01. The number of anilines is 1. The highest BCUT2D eigenvalue weighted by molar-refractivity contribution is 5.87. The summed E-state index contributed by atoms with van der Waals surface area (Å²) >= 11 is 0. The van der Waals surface area contributed by atoms with Crippen LogP contribution >= 0.6 is 0 Å². The third kappa shape index (κ3) is 2.45. The van der Waals surface area contributed by atoms with Gasteiger partial charge in [-0.2, -0.15) is 0 Å². The molecule has 2 aliphatic rings. The van der Waals surface area contributed by atoms with Gasteiger partial charge >= 0.3 is 0 Å². The van der Waals surface area contributed by atoms with Crippen molar-refractivity contribution in [3.05, 3.63) is 24.4 Å². The number of aromatic nitrogens is 7. The monoisotopic (exact) mass is 394 g/mol. The largest absolute Gasteiger partial charge is 0.366 e. The maximum atomic E-state index is 13.6. The molecular formula is C19H19FN8O. The molecule has 6 heterocycles. The van der Waals surface area contributed by atoms with Crippen LogP contribution in [0.15, 0.2) is 18.6 Å². The van der Waals surface area contributed by atoms with Gasteiger partial charge in [0.1, 0.15) is 17.6 Å². The predicted molar refractivity (Wildman–Crippen MR) is 104 cm³/mol. The van der Waals surface area contributed by atoms with Crippen molar-refractivity contribution >= 4 is 28.1 Å². The van der Waals surface area contributed by atoms with Gasteiger partial charge in [0, 0.05) is 18.3 Å². The first-order valence-corrected chi connectivity index (χ1v) is 9.61. The van der Waals surface area contributed by atoms with Crippen molar-refractivity contribution in [3.63, 3.8) is 0 Å². The Morgan fingerprint density at radius 2 is 2.07 bits per heavy atom. The van der Waals surface area contributed by atoms with E-state index in [1.54, 1.807) is 12.5 Å². The Morgan fingerprint density at radius 3 is 2.90 bits per heavy atom. The van der Waals surface area contributed by atoms with E-state index in [1.807, 2.05) is 24.8 Å². The molecule has 0 bridgehead atoms. The van der Waals surface area contributed by atoms with Gasteiger partial charge in [0.15, 0.2) is 28.5 Å². The number of aromatic amines is 1. The molecule has 1 saturated heterocycles. The third-order valence-electron chi connectivity index (χ3n) is 5.56. The summed E-state index contributed by atoms with van der Waals surface area (Å²) in [5.74, 6) is 2.00. The van der Waals surface area contributed by atoms with Gasteiger partial charge in [-0.1, -0.05) is 0 Å². The summed E-state index contributed by atoms with van der Waals surface area (Å²) in [6.45, 7) is 5.86. The van der Waals surface area contributed by atoms with Crippen molar-refractivity contribution < 1.29 is 9.13 Å². The fraction of sp³-hybridized carbons (Fsp3) is 0.421. The number of nitrogens with one attached hydrogen (secondary N) is 1. The number of rotatable bonds is 2. The first-order valence-electron chi connectivity index (χ1n) is 9.61. The molecule has 6 rings (SSSR count). The molecule has 148 valence electrons. The topological polar surface area (TPSA) is 97.6 Å².